The Balaban J connectivity index is 1.71. The maximum Gasteiger partial charge on any atom is 0.275 e. The molecule has 0 unspecified atom stereocenters. The van der Waals surface area contributed by atoms with Gasteiger partial charge in [-0.2, -0.15) is 0 Å². The van der Waals surface area contributed by atoms with Gasteiger partial charge in [0.2, 0.25) is 0 Å². The van der Waals surface area contributed by atoms with Crippen LogP contribution in [0.5, 0.6) is 11.5 Å². The number of rotatable bonds is 6. The van der Waals surface area contributed by atoms with Crippen LogP contribution in [0.25, 0.3) is 0 Å². The minimum Gasteiger partial charge on any atom is -0.497 e. The third kappa shape index (κ3) is 4.12. The molecule has 1 amide bonds. The molecular formula is C19H19N3O3S. The predicted octanol–water partition coefficient (Wildman–Crippen LogP) is 4.46. The van der Waals surface area contributed by atoms with E-state index in [0.717, 1.165) is 16.9 Å². The van der Waals surface area contributed by atoms with E-state index in [1.165, 1.54) is 11.3 Å². The Kier molecular flexibility index (Phi) is 5.38. The molecule has 6 nitrogen and oxygen atoms in total. The molecule has 3 rings (SSSR count). The average Bonchev–Trinajstić information content (AvgIpc) is 3.12. The summed E-state index contributed by atoms with van der Waals surface area (Å²) in [6.45, 7) is 2.00. The molecule has 2 aromatic carbocycles. The summed E-state index contributed by atoms with van der Waals surface area (Å²) in [6.07, 6.45) is 0. The number of aryl methyl sites for hydroxylation is 1. The van der Waals surface area contributed by atoms with E-state index < -0.39 is 0 Å². The number of hydrogen-bond donors (Lipinski definition) is 2. The summed E-state index contributed by atoms with van der Waals surface area (Å²) in [5.41, 5.74) is 2.97. The molecule has 0 radical (unpaired) electrons. The molecule has 0 spiro atoms. The van der Waals surface area contributed by atoms with Crippen molar-refractivity contribution in [2.24, 2.45) is 0 Å². The van der Waals surface area contributed by atoms with Gasteiger partial charge in [0.1, 0.15) is 17.2 Å². The van der Waals surface area contributed by atoms with Crippen molar-refractivity contribution in [3.63, 3.8) is 0 Å². The Hall–Kier alpha value is -3.06. The molecule has 0 atom stereocenters. The molecule has 3 aromatic rings. The highest BCUT2D eigenvalue weighted by atomic mass is 32.1. The number of thiazole rings is 1. The van der Waals surface area contributed by atoms with E-state index in [0.29, 0.717) is 22.3 Å². The maximum absolute atomic E-state index is 12.3. The third-order valence-electron chi connectivity index (χ3n) is 3.70. The van der Waals surface area contributed by atoms with Crippen LogP contribution < -0.4 is 20.1 Å². The van der Waals surface area contributed by atoms with Crippen LogP contribution in [-0.4, -0.2) is 25.1 Å². The fraction of sp³-hybridized carbons (Fsp3) is 0.158. The lowest BCUT2D eigenvalue weighted by Crippen LogP contribution is -2.12. The molecule has 1 heterocycles. The Morgan fingerprint density at radius 2 is 1.85 bits per heavy atom. The Labute approximate surface area is 155 Å². The van der Waals surface area contributed by atoms with Gasteiger partial charge in [0, 0.05) is 17.1 Å². The van der Waals surface area contributed by atoms with Gasteiger partial charge >= 0.3 is 0 Å². The number of methoxy groups -OCH3 is 2. The normalized spacial score (nSPS) is 10.3. The van der Waals surface area contributed by atoms with Crippen molar-refractivity contribution in [3.05, 3.63) is 59.1 Å². The van der Waals surface area contributed by atoms with Gasteiger partial charge in [0.15, 0.2) is 5.13 Å². The molecule has 1 aromatic heterocycles. The summed E-state index contributed by atoms with van der Waals surface area (Å²) in [6, 6.07) is 13.1. The average molecular weight is 369 g/mol. The zero-order valence-corrected chi connectivity index (χ0v) is 15.5. The van der Waals surface area contributed by atoms with E-state index in [4.69, 9.17) is 9.47 Å². The largest absolute Gasteiger partial charge is 0.497 e. The monoisotopic (exact) mass is 369 g/mol. The highest BCUT2D eigenvalue weighted by molar-refractivity contribution is 7.14. The van der Waals surface area contributed by atoms with Gasteiger partial charge in [0.25, 0.3) is 5.91 Å². The fourth-order valence-electron chi connectivity index (χ4n) is 2.28. The molecule has 0 aliphatic carbocycles. The summed E-state index contributed by atoms with van der Waals surface area (Å²) < 4.78 is 10.5. The predicted molar refractivity (Wildman–Crippen MR) is 104 cm³/mol. The summed E-state index contributed by atoms with van der Waals surface area (Å²) in [4.78, 5) is 16.7. The molecule has 134 valence electrons. The third-order valence-corrected chi connectivity index (χ3v) is 4.45. The highest BCUT2D eigenvalue weighted by Crippen LogP contribution is 2.32. The summed E-state index contributed by atoms with van der Waals surface area (Å²) in [7, 11) is 3.18. The van der Waals surface area contributed by atoms with Gasteiger partial charge in [-0.05, 0) is 31.2 Å². The van der Waals surface area contributed by atoms with Crippen molar-refractivity contribution >= 4 is 33.8 Å². The van der Waals surface area contributed by atoms with Gasteiger partial charge in [0.05, 0.1) is 19.9 Å². The van der Waals surface area contributed by atoms with Gasteiger partial charge < -0.3 is 20.1 Å². The number of hydrogen-bond acceptors (Lipinski definition) is 6. The Morgan fingerprint density at radius 3 is 2.54 bits per heavy atom. The van der Waals surface area contributed by atoms with Crippen molar-refractivity contribution in [1.29, 1.82) is 0 Å². The first-order valence-corrected chi connectivity index (χ1v) is 8.79. The number of carbonyl (C=O) groups excluding carboxylic acids is 1. The van der Waals surface area contributed by atoms with Gasteiger partial charge in [-0.1, -0.05) is 17.7 Å². The molecule has 26 heavy (non-hydrogen) atoms. The first-order valence-electron chi connectivity index (χ1n) is 7.91. The van der Waals surface area contributed by atoms with Crippen LogP contribution >= 0.6 is 11.3 Å². The summed E-state index contributed by atoms with van der Waals surface area (Å²) in [5.74, 6) is 1.08. The first-order chi connectivity index (χ1) is 12.6. The zero-order valence-electron chi connectivity index (χ0n) is 14.7. The molecule has 0 bridgehead atoms. The maximum atomic E-state index is 12.3. The van der Waals surface area contributed by atoms with Crippen molar-refractivity contribution in [2.45, 2.75) is 6.92 Å². The Morgan fingerprint density at radius 1 is 1.08 bits per heavy atom. The van der Waals surface area contributed by atoms with Crippen molar-refractivity contribution < 1.29 is 14.3 Å². The lowest BCUT2D eigenvalue weighted by Gasteiger charge is -2.10. The van der Waals surface area contributed by atoms with E-state index in [-0.39, 0.29) is 5.91 Å². The molecule has 0 aliphatic rings. The standard InChI is InChI=1S/C19H19N3O3S/c1-12-4-6-13(7-5-12)20-18(23)16-11-26-19(22-16)21-15-9-8-14(24-2)10-17(15)25-3/h4-11H,1-3H3,(H,20,23)(H,21,22). The van der Waals surface area contributed by atoms with Crippen LogP contribution in [-0.2, 0) is 0 Å². The highest BCUT2D eigenvalue weighted by Gasteiger charge is 2.13. The SMILES string of the molecule is COc1ccc(Nc2nc(C(=O)Nc3ccc(C)cc3)cs2)c(OC)c1. The van der Waals surface area contributed by atoms with Crippen LogP contribution in [0.1, 0.15) is 16.1 Å². The van der Waals surface area contributed by atoms with E-state index in [1.54, 1.807) is 25.7 Å². The number of amides is 1. The minimum atomic E-state index is -0.250. The smallest absolute Gasteiger partial charge is 0.275 e. The van der Waals surface area contributed by atoms with Crippen LogP contribution in [0.2, 0.25) is 0 Å². The molecule has 0 aliphatic heterocycles. The van der Waals surface area contributed by atoms with E-state index in [9.17, 15) is 4.79 Å². The van der Waals surface area contributed by atoms with E-state index >= 15 is 0 Å². The van der Waals surface area contributed by atoms with Gasteiger partial charge in [-0.3, -0.25) is 4.79 Å². The number of aromatic nitrogens is 1. The van der Waals surface area contributed by atoms with Crippen molar-refractivity contribution in [2.75, 3.05) is 24.9 Å². The molecular weight excluding hydrogens is 350 g/mol. The van der Waals surface area contributed by atoms with E-state index in [2.05, 4.69) is 15.6 Å². The van der Waals surface area contributed by atoms with E-state index in [1.807, 2.05) is 43.3 Å². The molecule has 0 saturated carbocycles. The quantitative estimate of drug-likeness (QED) is 0.671. The van der Waals surface area contributed by atoms with Crippen molar-refractivity contribution in [1.82, 2.24) is 4.98 Å². The van der Waals surface area contributed by atoms with Crippen molar-refractivity contribution in [3.8, 4) is 11.5 Å². The molecule has 2 N–H and O–H groups in total. The number of benzene rings is 2. The Bertz CT molecular complexity index is 907. The molecule has 7 heteroatoms. The van der Waals surface area contributed by atoms with Crippen LogP contribution in [0.15, 0.2) is 47.8 Å². The molecule has 0 saturated heterocycles. The lowest BCUT2D eigenvalue weighted by atomic mass is 10.2. The van der Waals surface area contributed by atoms with Crippen LogP contribution in [0.3, 0.4) is 0 Å². The summed E-state index contributed by atoms with van der Waals surface area (Å²) >= 11 is 1.35. The van der Waals surface area contributed by atoms with Gasteiger partial charge in [-0.25, -0.2) is 4.98 Å². The zero-order chi connectivity index (χ0) is 18.5. The number of anilines is 3. The van der Waals surface area contributed by atoms with Crippen LogP contribution in [0, 0.1) is 6.92 Å². The number of carbonyl (C=O) groups is 1. The second-order valence-corrected chi connectivity index (χ2v) is 6.41. The number of ether oxygens (including phenoxy) is 2. The second-order valence-electron chi connectivity index (χ2n) is 5.55. The lowest BCUT2D eigenvalue weighted by molar-refractivity contribution is 0.102. The van der Waals surface area contributed by atoms with Gasteiger partial charge in [-0.15, -0.1) is 11.3 Å². The second kappa shape index (κ2) is 7.88. The minimum absolute atomic E-state index is 0.250. The summed E-state index contributed by atoms with van der Waals surface area (Å²) in [5, 5.41) is 8.31. The van der Waals surface area contributed by atoms with Crippen LogP contribution in [0.4, 0.5) is 16.5 Å². The number of nitrogens with zero attached hydrogens (tertiary/aromatic N) is 1. The first kappa shape index (κ1) is 17.8. The fourth-order valence-corrected chi connectivity index (χ4v) is 2.99. The molecule has 0 fully saturated rings. The number of nitrogens with one attached hydrogen (secondary N) is 2. The topological polar surface area (TPSA) is 72.5 Å².